The van der Waals surface area contributed by atoms with Crippen molar-refractivity contribution < 1.29 is 4.79 Å². The lowest BCUT2D eigenvalue weighted by Crippen LogP contribution is -2.43. The van der Waals surface area contributed by atoms with Crippen molar-refractivity contribution in [3.63, 3.8) is 0 Å². The lowest BCUT2D eigenvalue weighted by atomic mass is 10.2. The van der Waals surface area contributed by atoms with Crippen molar-refractivity contribution in [2.75, 3.05) is 25.5 Å². The first-order valence-corrected chi connectivity index (χ1v) is 7.75. The van der Waals surface area contributed by atoms with E-state index in [2.05, 4.69) is 10.00 Å². The Morgan fingerprint density at radius 3 is 2.86 bits per heavy atom. The summed E-state index contributed by atoms with van der Waals surface area (Å²) in [5, 5.41) is 5.89. The summed E-state index contributed by atoms with van der Waals surface area (Å²) in [5.74, 6) is 0.856. The second-order valence-electron chi connectivity index (χ2n) is 5.95. The summed E-state index contributed by atoms with van der Waals surface area (Å²) in [6, 6.07) is 1.69. The highest BCUT2D eigenvalue weighted by molar-refractivity contribution is 6.35. The number of halogens is 1. The van der Waals surface area contributed by atoms with E-state index in [1.807, 2.05) is 20.0 Å². The van der Waals surface area contributed by atoms with Crippen LogP contribution in [-0.4, -0.2) is 52.3 Å². The van der Waals surface area contributed by atoms with Crippen LogP contribution in [0.5, 0.6) is 0 Å². The van der Waals surface area contributed by atoms with Gasteiger partial charge in [0, 0.05) is 33.8 Å². The van der Waals surface area contributed by atoms with Gasteiger partial charge in [0.25, 0.3) is 0 Å². The average Bonchev–Trinajstić information content (AvgIpc) is 3.03. The van der Waals surface area contributed by atoms with Crippen molar-refractivity contribution in [2.24, 2.45) is 7.05 Å². The molecule has 2 aromatic rings. The summed E-state index contributed by atoms with van der Waals surface area (Å²) >= 11 is 6.43. The minimum Gasteiger partial charge on any atom is -0.347 e. The zero-order valence-corrected chi connectivity index (χ0v) is 14.1. The van der Waals surface area contributed by atoms with E-state index in [-0.39, 0.29) is 11.9 Å². The van der Waals surface area contributed by atoms with E-state index in [9.17, 15) is 4.79 Å². The predicted molar refractivity (Wildman–Crippen MR) is 87.3 cm³/mol. The van der Waals surface area contributed by atoms with Gasteiger partial charge in [0.1, 0.15) is 11.9 Å². The highest BCUT2D eigenvalue weighted by Crippen LogP contribution is 2.32. The second-order valence-corrected chi connectivity index (χ2v) is 6.36. The van der Waals surface area contributed by atoms with Crippen LogP contribution in [0.3, 0.4) is 0 Å². The highest BCUT2D eigenvalue weighted by Gasteiger charge is 2.33. The molecule has 0 aromatic carbocycles. The average molecular weight is 322 g/mol. The summed E-state index contributed by atoms with van der Waals surface area (Å²) in [6.07, 6.45) is 1.82. The molecule has 1 fully saturated rings. The normalized spacial score (nSPS) is 18.2. The van der Waals surface area contributed by atoms with Gasteiger partial charge in [0.05, 0.1) is 16.1 Å². The van der Waals surface area contributed by atoms with Gasteiger partial charge in [-0.3, -0.25) is 9.48 Å². The first-order valence-electron chi connectivity index (χ1n) is 7.38. The largest absolute Gasteiger partial charge is 0.347 e. The molecule has 1 atom stereocenters. The van der Waals surface area contributed by atoms with Crippen LogP contribution in [-0.2, 0) is 11.8 Å². The quantitative estimate of drug-likeness (QED) is 0.849. The third-order valence-electron chi connectivity index (χ3n) is 4.18. The van der Waals surface area contributed by atoms with Crippen molar-refractivity contribution in [3.8, 4) is 0 Å². The molecule has 22 heavy (non-hydrogen) atoms. The van der Waals surface area contributed by atoms with Crippen LogP contribution in [0.15, 0.2) is 6.07 Å². The number of aryl methyl sites for hydroxylation is 2. The van der Waals surface area contributed by atoms with Gasteiger partial charge in [-0.2, -0.15) is 5.10 Å². The van der Waals surface area contributed by atoms with Crippen LogP contribution < -0.4 is 4.90 Å². The minimum absolute atomic E-state index is 0.108. The Morgan fingerprint density at radius 2 is 2.18 bits per heavy atom. The Hall–Kier alpha value is -1.82. The van der Waals surface area contributed by atoms with Crippen molar-refractivity contribution in [1.82, 2.24) is 19.7 Å². The fourth-order valence-corrected chi connectivity index (χ4v) is 3.44. The predicted octanol–water partition coefficient (Wildman–Crippen LogP) is 1.99. The van der Waals surface area contributed by atoms with E-state index >= 15 is 0 Å². The lowest BCUT2D eigenvalue weighted by molar-refractivity contribution is -0.129. The van der Waals surface area contributed by atoms with E-state index in [4.69, 9.17) is 16.6 Å². The molecule has 3 rings (SSSR count). The zero-order valence-electron chi connectivity index (χ0n) is 13.3. The third-order valence-corrected chi connectivity index (χ3v) is 4.48. The number of carbonyl (C=O) groups is 1. The maximum atomic E-state index is 12.4. The topological polar surface area (TPSA) is 54.3 Å². The van der Waals surface area contributed by atoms with Gasteiger partial charge in [-0.25, -0.2) is 4.98 Å². The summed E-state index contributed by atoms with van der Waals surface area (Å²) in [7, 11) is 5.43. The van der Waals surface area contributed by atoms with Gasteiger partial charge < -0.3 is 9.80 Å². The summed E-state index contributed by atoms with van der Waals surface area (Å²) in [5.41, 5.74) is 1.62. The van der Waals surface area contributed by atoms with E-state index in [1.54, 1.807) is 23.7 Å². The minimum atomic E-state index is -0.162. The van der Waals surface area contributed by atoms with Crippen LogP contribution >= 0.6 is 11.6 Å². The first kappa shape index (κ1) is 15.1. The van der Waals surface area contributed by atoms with Crippen LogP contribution in [0.2, 0.25) is 5.02 Å². The Morgan fingerprint density at radius 1 is 1.45 bits per heavy atom. The van der Waals surface area contributed by atoms with E-state index in [0.717, 1.165) is 41.9 Å². The molecule has 0 radical (unpaired) electrons. The summed E-state index contributed by atoms with van der Waals surface area (Å²) in [4.78, 5) is 20.7. The van der Waals surface area contributed by atoms with Gasteiger partial charge in [0.15, 0.2) is 5.65 Å². The summed E-state index contributed by atoms with van der Waals surface area (Å²) in [6.45, 7) is 2.74. The van der Waals surface area contributed by atoms with Gasteiger partial charge in [-0.05, 0) is 19.8 Å². The highest BCUT2D eigenvalue weighted by atomic mass is 35.5. The van der Waals surface area contributed by atoms with Crippen LogP contribution in [0.4, 0.5) is 5.82 Å². The van der Waals surface area contributed by atoms with Gasteiger partial charge in [-0.15, -0.1) is 0 Å². The summed E-state index contributed by atoms with van der Waals surface area (Å²) < 4.78 is 1.74. The molecule has 2 aromatic heterocycles. The Balaban J connectivity index is 2.06. The lowest BCUT2D eigenvalue weighted by Gasteiger charge is -2.27. The number of pyridine rings is 1. The van der Waals surface area contributed by atoms with Crippen molar-refractivity contribution in [3.05, 3.63) is 16.8 Å². The molecule has 0 saturated carbocycles. The molecule has 118 valence electrons. The first-order chi connectivity index (χ1) is 10.4. The Kier molecular flexibility index (Phi) is 3.72. The van der Waals surface area contributed by atoms with Gasteiger partial charge in [-0.1, -0.05) is 11.6 Å². The Bertz CT molecular complexity index is 739. The number of nitrogens with zero attached hydrogens (tertiary/aromatic N) is 5. The van der Waals surface area contributed by atoms with Crippen LogP contribution in [0, 0.1) is 6.92 Å². The van der Waals surface area contributed by atoms with Crippen molar-refractivity contribution >= 4 is 34.4 Å². The number of anilines is 1. The zero-order chi connectivity index (χ0) is 16.0. The molecule has 3 heterocycles. The molecule has 0 bridgehead atoms. The van der Waals surface area contributed by atoms with Crippen LogP contribution in [0.25, 0.3) is 11.0 Å². The van der Waals surface area contributed by atoms with E-state index in [0.29, 0.717) is 5.02 Å². The van der Waals surface area contributed by atoms with E-state index < -0.39 is 0 Å². The number of carbonyl (C=O) groups excluding carboxylic acids is 1. The van der Waals surface area contributed by atoms with E-state index in [1.165, 1.54) is 0 Å². The molecule has 1 amide bonds. The number of likely N-dealkylation sites (N-methyl/N-ethyl adjacent to an activating group) is 1. The molecule has 1 saturated heterocycles. The fourth-order valence-electron chi connectivity index (χ4n) is 3.12. The fraction of sp³-hybridized carbons (Fsp3) is 0.533. The molecule has 0 spiro atoms. The maximum Gasteiger partial charge on any atom is 0.244 e. The molecule has 0 aliphatic carbocycles. The van der Waals surface area contributed by atoms with Gasteiger partial charge >= 0.3 is 0 Å². The number of rotatable bonds is 2. The maximum absolute atomic E-state index is 12.4. The SMILES string of the molecule is Cc1nn(C)c2nc(N3CCCC3C(=O)N(C)C)cc(Cl)c12. The third kappa shape index (κ3) is 2.31. The Labute approximate surface area is 134 Å². The standard InChI is InChI=1S/C15H20ClN5O/c1-9-13-10(16)8-12(17-14(13)20(4)18-9)21-7-5-6-11(21)15(22)19(2)3/h8,11H,5-7H2,1-4H3. The number of hydrogen-bond donors (Lipinski definition) is 0. The second kappa shape index (κ2) is 5.43. The molecular formula is C15H20ClN5O. The van der Waals surface area contributed by atoms with Crippen LogP contribution in [0.1, 0.15) is 18.5 Å². The van der Waals surface area contributed by atoms with Crippen molar-refractivity contribution in [2.45, 2.75) is 25.8 Å². The molecule has 1 aliphatic rings. The van der Waals surface area contributed by atoms with Crippen molar-refractivity contribution in [1.29, 1.82) is 0 Å². The molecular weight excluding hydrogens is 302 g/mol. The number of hydrogen-bond acceptors (Lipinski definition) is 4. The molecule has 1 unspecified atom stereocenters. The smallest absolute Gasteiger partial charge is 0.244 e. The molecule has 6 nitrogen and oxygen atoms in total. The number of fused-ring (bicyclic) bond motifs is 1. The molecule has 7 heteroatoms. The number of amides is 1. The monoisotopic (exact) mass is 321 g/mol. The molecule has 1 aliphatic heterocycles. The molecule has 0 N–H and O–H groups in total. The van der Waals surface area contributed by atoms with Gasteiger partial charge in [0.2, 0.25) is 5.91 Å². The number of aromatic nitrogens is 3.